The standard InChI is InChI=1S/C21H23NO3/c1-3-21(4-2)17(25-21)12-7-13-22-19(23)15-10-5-8-14-9-6-11-16(18(14)15)20(22)24/h5-6,8-11,17H,3-4,7,12-13H2,1-2H3. The average molecular weight is 337 g/mol. The highest BCUT2D eigenvalue weighted by molar-refractivity contribution is 6.25. The maximum Gasteiger partial charge on any atom is 0.261 e. The summed E-state index contributed by atoms with van der Waals surface area (Å²) < 4.78 is 5.86. The van der Waals surface area contributed by atoms with Gasteiger partial charge in [-0.2, -0.15) is 0 Å². The number of benzene rings is 2. The van der Waals surface area contributed by atoms with Gasteiger partial charge in [-0.15, -0.1) is 0 Å². The quantitative estimate of drug-likeness (QED) is 0.587. The smallest absolute Gasteiger partial charge is 0.261 e. The largest absolute Gasteiger partial charge is 0.366 e. The predicted molar refractivity (Wildman–Crippen MR) is 96.7 cm³/mol. The van der Waals surface area contributed by atoms with Crippen molar-refractivity contribution in [2.45, 2.75) is 51.2 Å². The third kappa shape index (κ3) is 2.47. The Morgan fingerprint density at radius 2 is 1.60 bits per heavy atom. The van der Waals surface area contributed by atoms with Crippen LogP contribution in [0.5, 0.6) is 0 Å². The molecule has 1 saturated heterocycles. The van der Waals surface area contributed by atoms with Gasteiger partial charge in [0.2, 0.25) is 0 Å². The first kappa shape index (κ1) is 16.3. The summed E-state index contributed by atoms with van der Waals surface area (Å²) in [5, 5.41) is 1.73. The lowest BCUT2D eigenvalue weighted by Crippen LogP contribution is -2.41. The zero-order valence-corrected chi connectivity index (χ0v) is 14.7. The van der Waals surface area contributed by atoms with Crippen LogP contribution in [-0.2, 0) is 4.74 Å². The van der Waals surface area contributed by atoms with Crippen LogP contribution in [0.1, 0.15) is 60.2 Å². The number of amides is 2. The molecule has 0 spiro atoms. The summed E-state index contributed by atoms with van der Waals surface area (Å²) in [4.78, 5) is 27.0. The van der Waals surface area contributed by atoms with Crippen molar-refractivity contribution in [2.75, 3.05) is 6.54 Å². The Kier molecular flexibility index (Phi) is 3.88. The molecule has 130 valence electrons. The molecule has 2 amide bonds. The minimum absolute atomic E-state index is 0.0358. The van der Waals surface area contributed by atoms with Gasteiger partial charge in [0.15, 0.2) is 0 Å². The molecule has 2 aromatic carbocycles. The molecule has 0 radical (unpaired) electrons. The Morgan fingerprint density at radius 1 is 1.00 bits per heavy atom. The Hall–Kier alpha value is -2.20. The lowest BCUT2D eigenvalue weighted by Gasteiger charge is -2.27. The number of nitrogens with zero attached hydrogens (tertiary/aromatic N) is 1. The number of carbonyl (C=O) groups excluding carboxylic acids is 2. The average Bonchev–Trinajstić information content (AvgIpc) is 3.36. The van der Waals surface area contributed by atoms with Crippen LogP contribution in [0.4, 0.5) is 0 Å². The van der Waals surface area contributed by atoms with Gasteiger partial charge >= 0.3 is 0 Å². The first-order valence-corrected chi connectivity index (χ1v) is 9.17. The van der Waals surface area contributed by atoms with Crippen LogP contribution >= 0.6 is 0 Å². The molecule has 1 fully saturated rings. The van der Waals surface area contributed by atoms with Crippen molar-refractivity contribution >= 4 is 22.6 Å². The SMILES string of the molecule is CCC1(CC)OC1CCCN1C(=O)c2cccc3cccc(c23)C1=O. The van der Waals surface area contributed by atoms with Crippen LogP contribution in [0.25, 0.3) is 10.8 Å². The van der Waals surface area contributed by atoms with Gasteiger partial charge in [-0.1, -0.05) is 38.1 Å². The van der Waals surface area contributed by atoms with Crippen molar-refractivity contribution in [3.05, 3.63) is 47.5 Å². The highest BCUT2D eigenvalue weighted by Crippen LogP contribution is 2.45. The maximum absolute atomic E-state index is 12.8. The van der Waals surface area contributed by atoms with Crippen molar-refractivity contribution in [2.24, 2.45) is 0 Å². The summed E-state index contributed by atoms with van der Waals surface area (Å²) >= 11 is 0. The summed E-state index contributed by atoms with van der Waals surface area (Å²) in [6.07, 6.45) is 3.98. The summed E-state index contributed by atoms with van der Waals surface area (Å²) in [6.45, 7) is 4.75. The van der Waals surface area contributed by atoms with Crippen molar-refractivity contribution in [3.8, 4) is 0 Å². The summed E-state index contributed by atoms with van der Waals surface area (Å²) in [5.74, 6) is -0.355. The molecule has 0 aliphatic carbocycles. The van der Waals surface area contributed by atoms with Gasteiger partial charge in [0.25, 0.3) is 11.8 Å². The monoisotopic (exact) mass is 337 g/mol. The van der Waals surface area contributed by atoms with E-state index in [0.717, 1.165) is 36.5 Å². The normalized spacial score (nSPS) is 21.0. The van der Waals surface area contributed by atoms with E-state index in [-0.39, 0.29) is 23.5 Å². The maximum atomic E-state index is 12.8. The van der Waals surface area contributed by atoms with E-state index in [1.54, 1.807) is 0 Å². The van der Waals surface area contributed by atoms with Crippen LogP contribution in [-0.4, -0.2) is 35.0 Å². The van der Waals surface area contributed by atoms with Gasteiger partial charge < -0.3 is 4.74 Å². The topological polar surface area (TPSA) is 49.9 Å². The fraction of sp³-hybridized carbons (Fsp3) is 0.429. The van der Waals surface area contributed by atoms with E-state index in [2.05, 4.69) is 13.8 Å². The van der Waals surface area contributed by atoms with Crippen LogP contribution in [0, 0.1) is 0 Å². The molecule has 0 N–H and O–H groups in total. The molecule has 2 aliphatic heterocycles. The molecule has 0 saturated carbocycles. The Morgan fingerprint density at radius 3 is 2.12 bits per heavy atom. The van der Waals surface area contributed by atoms with E-state index >= 15 is 0 Å². The number of hydrogen-bond acceptors (Lipinski definition) is 3. The van der Waals surface area contributed by atoms with Gasteiger partial charge in [0, 0.05) is 23.1 Å². The van der Waals surface area contributed by atoms with Gasteiger partial charge in [0.05, 0.1) is 11.7 Å². The molecule has 4 heteroatoms. The summed E-state index contributed by atoms with van der Waals surface area (Å²) in [7, 11) is 0. The van der Waals surface area contributed by atoms with E-state index in [0.29, 0.717) is 17.7 Å². The highest BCUT2D eigenvalue weighted by atomic mass is 16.6. The molecule has 1 unspecified atom stereocenters. The highest BCUT2D eigenvalue weighted by Gasteiger charge is 2.52. The van der Waals surface area contributed by atoms with Crippen molar-refractivity contribution in [1.29, 1.82) is 0 Å². The molecule has 2 aliphatic rings. The Balaban J connectivity index is 1.51. The van der Waals surface area contributed by atoms with E-state index in [9.17, 15) is 9.59 Å². The van der Waals surface area contributed by atoms with Crippen LogP contribution in [0.15, 0.2) is 36.4 Å². The van der Waals surface area contributed by atoms with Gasteiger partial charge in [-0.05, 0) is 43.2 Å². The molecule has 4 nitrogen and oxygen atoms in total. The predicted octanol–water partition coefficient (Wildman–Crippen LogP) is 4.17. The van der Waals surface area contributed by atoms with Crippen LogP contribution in [0.2, 0.25) is 0 Å². The number of hydrogen-bond donors (Lipinski definition) is 0. The second-order valence-electron chi connectivity index (χ2n) is 6.99. The van der Waals surface area contributed by atoms with E-state index < -0.39 is 0 Å². The number of epoxide rings is 1. The first-order chi connectivity index (χ1) is 12.1. The number of carbonyl (C=O) groups is 2. The number of imide groups is 1. The molecule has 25 heavy (non-hydrogen) atoms. The summed E-state index contributed by atoms with van der Waals surface area (Å²) in [6, 6.07) is 11.3. The second kappa shape index (κ2) is 5.95. The molecule has 2 heterocycles. The lowest BCUT2D eigenvalue weighted by atomic mass is 9.93. The molecule has 2 aromatic rings. The van der Waals surface area contributed by atoms with Gasteiger partial charge in [-0.3, -0.25) is 14.5 Å². The number of ether oxygens (including phenoxy) is 1. The van der Waals surface area contributed by atoms with Crippen LogP contribution in [0.3, 0.4) is 0 Å². The van der Waals surface area contributed by atoms with Gasteiger partial charge in [0.1, 0.15) is 0 Å². The molecule has 0 aromatic heterocycles. The zero-order chi connectivity index (χ0) is 17.6. The zero-order valence-electron chi connectivity index (χ0n) is 14.7. The summed E-state index contributed by atoms with van der Waals surface area (Å²) in [5.41, 5.74) is 1.30. The molecular weight excluding hydrogens is 314 g/mol. The van der Waals surface area contributed by atoms with E-state index in [1.165, 1.54) is 4.90 Å². The molecule has 0 bridgehead atoms. The molecule has 4 rings (SSSR count). The Labute approximate surface area is 147 Å². The van der Waals surface area contributed by atoms with E-state index in [4.69, 9.17) is 4.74 Å². The minimum atomic E-state index is -0.178. The minimum Gasteiger partial charge on any atom is -0.366 e. The fourth-order valence-corrected chi connectivity index (χ4v) is 4.16. The van der Waals surface area contributed by atoms with Crippen molar-refractivity contribution in [3.63, 3.8) is 0 Å². The molecule has 1 atom stereocenters. The Bertz CT molecular complexity index is 803. The van der Waals surface area contributed by atoms with E-state index in [1.807, 2.05) is 36.4 Å². The van der Waals surface area contributed by atoms with Crippen molar-refractivity contribution < 1.29 is 14.3 Å². The molecular formula is C21H23NO3. The van der Waals surface area contributed by atoms with Gasteiger partial charge in [-0.25, -0.2) is 0 Å². The third-order valence-corrected chi connectivity index (χ3v) is 5.81. The lowest BCUT2D eigenvalue weighted by molar-refractivity contribution is 0.0607. The van der Waals surface area contributed by atoms with Crippen molar-refractivity contribution in [1.82, 2.24) is 4.90 Å². The first-order valence-electron chi connectivity index (χ1n) is 9.17. The number of rotatable bonds is 6. The third-order valence-electron chi connectivity index (χ3n) is 5.81. The fourth-order valence-electron chi connectivity index (χ4n) is 4.16. The van der Waals surface area contributed by atoms with Crippen LogP contribution < -0.4 is 0 Å². The second-order valence-corrected chi connectivity index (χ2v) is 6.99.